The fraction of sp³-hybridized carbons (Fsp3) is 0.350. The molecule has 1 N–H and O–H groups in total. The Morgan fingerprint density at radius 3 is 2.54 bits per heavy atom. The Morgan fingerprint density at radius 1 is 1.04 bits per heavy atom. The topological polar surface area (TPSA) is 60.0 Å². The number of hydrogen-bond donors (Lipinski definition) is 1. The molecule has 4 rings (SSSR count). The summed E-state index contributed by atoms with van der Waals surface area (Å²) >= 11 is 0. The third-order valence-electron chi connectivity index (χ3n) is 4.58. The molecule has 2 aromatic rings. The van der Waals surface area contributed by atoms with Gasteiger partial charge in [0.05, 0.1) is 13.2 Å². The van der Waals surface area contributed by atoms with Crippen molar-refractivity contribution in [1.82, 2.24) is 5.32 Å². The number of amides is 1. The lowest BCUT2D eigenvalue weighted by Gasteiger charge is -2.29. The first kappa shape index (κ1) is 16.7. The quantitative estimate of drug-likeness (QED) is 0.910. The molecule has 2 aliphatic heterocycles. The van der Waals surface area contributed by atoms with Crippen molar-refractivity contribution in [3.05, 3.63) is 54.1 Å². The standard InChI is InChI=1S/C20H22N2O4/c23-20(19-14-25-17-3-1-2-4-18(17)26-19)21-13-15-5-7-16(8-6-15)22-9-11-24-12-10-22/h1-8,19H,9-14H2,(H,21,23)/t19-/m0/s1. The molecule has 0 spiro atoms. The minimum atomic E-state index is -0.627. The van der Waals surface area contributed by atoms with Crippen molar-refractivity contribution >= 4 is 11.6 Å². The molecular formula is C20H22N2O4. The summed E-state index contributed by atoms with van der Waals surface area (Å²) in [6, 6.07) is 15.6. The highest BCUT2D eigenvalue weighted by Crippen LogP contribution is 2.30. The van der Waals surface area contributed by atoms with E-state index in [-0.39, 0.29) is 12.5 Å². The molecule has 1 fully saturated rings. The van der Waals surface area contributed by atoms with E-state index in [4.69, 9.17) is 14.2 Å². The van der Waals surface area contributed by atoms with Crippen LogP contribution in [0.5, 0.6) is 11.5 Å². The molecule has 6 heteroatoms. The first-order valence-corrected chi connectivity index (χ1v) is 8.87. The zero-order valence-electron chi connectivity index (χ0n) is 14.5. The number of para-hydroxylation sites is 2. The van der Waals surface area contributed by atoms with E-state index < -0.39 is 6.10 Å². The van der Waals surface area contributed by atoms with E-state index in [1.165, 1.54) is 5.69 Å². The zero-order chi connectivity index (χ0) is 17.8. The highest BCUT2D eigenvalue weighted by molar-refractivity contribution is 5.81. The van der Waals surface area contributed by atoms with Gasteiger partial charge in [0, 0.05) is 25.3 Å². The maximum atomic E-state index is 12.4. The number of morpholine rings is 1. The molecule has 136 valence electrons. The summed E-state index contributed by atoms with van der Waals surface area (Å²) in [5.74, 6) is 1.11. The van der Waals surface area contributed by atoms with Crippen LogP contribution < -0.4 is 19.7 Å². The second kappa shape index (κ2) is 7.66. The largest absolute Gasteiger partial charge is 0.485 e. The fourth-order valence-electron chi connectivity index (χ4n) is 3.10. The van der Waals surface area contributed by atoms with Crippen LogP contribution in [0.4, 0.5) is 5.69 Å². The van der Waals surface area contributed by atoms with Gasteiger partial charge in [0.25, 0.3) is 5.91 Å². The van der Waals surface area contributed by atoms with Crippen LogP contribution in [-0.4, -0.2) is 44.9 Å². The normalized spacial score (nSPS) is 19.1. The van der Waals surface area contributed by atoms with Crippen LogP contribution in [0.1, 0.15) is 5.56 Å². The zero-order valence-corrected chi connectivity index (χ0v) is 14.5. The van der Waals surface area contributed by atoms with Gasteiger partial charge in [0.15, 0.2) is 11.5 Å². The molecule has 6 nitrogen and oxygen atoms in total. The van der Waals surface area contributed by atoms with Gasteiger partial charge in [-0.15, -0.1) is 0 Å². The van der Waals surface area contributed by atoms with Crippen molar-refractivity contribution in [2.24, 2.45) is 0 Å². The molecular weight excluding hydrogens is 332 g/mol. The predicted molar refractivity (Wildman–Crippen MR) is 97.7 cm³/mol. The predicted octanol–water partition coefficient (Wildman–Crippen LogP) is 1.98. The molecule has 1 amide bonds. The molecule has 0 bridgehead atoms. The first-order valence-electron chi connectivity index (χ1n) is 8.87. The van der Waals surface area contributed by atoms with Gasteiger partial charge in [0.1, 0.15) is 6.61 Å². The molecule has 2 aromatic carbocycles. The van der Waals surface area contributed by atoms with Crippen LogP contribution in [-0.2, 0) is 16.1 Å². The maximum absolute atomic E-state index is 12.4. The van der Waals surface area contributed by atoms with Crippen molar-refractivity contribution < 1.29 is 19.0 Å². The number of fused-ring (bicyclic) bond motifs is 1. The first-order chi connectivity index (χ1) is 12.8. The van der Waals surface area contributed by atoms with Crippen LogP contribution in [0.2, 0.25) is 0 Å². The van der Waals surface area contributed by atoms with E-state index >= 15 is 0 Å². The van der Waals surface area contributed by atoms with Gasteiger partial charge in [-0.3, -0.25) is 4.79 Å². The molecule has 2 heterocycles. The Labute approximate surface area is 152 Å². The van der Waals surface area contributed by atoms with Crippen molar-refractivity contribution in [2.45, 2.75) is 12.6 Å². The third kappa shape index (κ3) is 3.75. The van der Waals surface area contributed by atoms with E-state index in [9.17, 15) is 4.79 Å². The molecule has 1 atom stereocenters. The molecule has 0 radical (unpaired) electrons. The third-order valence-corrected chi connectivity index (χ3v) is 4.58. The Balaban J connectivity index is 1.30. The molecule has 0 aliphatic carbocycles. The van der Waals surface area contributed by atoms with Crippen LogP contribution in [0.15, 0.2) is 48.5 Å². The Kier molecular flexibility index (Phi) is 4.93. The van der Waals surface area contributed by atoms with E-state index in [1.54, 1.807) is 6.07 Å². The summed E-state index contributed by atoms with van der Waals surface area (Å²) in [4.78, 5) is 14.7. The molecule has 26 heavy (non-hydrogen) atoms. The molecule has 0 aromatic heterocycles. The SMILES string of the molecule is O=C(NCc1ccc(N2CCOCC2)cc1)[C@@H]1COc2ccccc2O1. The van der Waals surface area contributed by atoms with E-state index in [1.807, 2.05) is 30.3 Å². The van der Waals surface area contributed by atoms with Crippen LogP contribution >= 0.6 is 0 Å². The Bertz CT molecular complexity index is 757. The smallest absolute Gasteiger partial charge is 0.264 e. The van der Waals surface area contributed by atoms with Crippen LogP contribution in [0, 0.1) is 0 Å². The fourth-order valence-corrected chi connectivity index (χ4v) is 3.10. The van der Waals surface area contributed by atoms with Gasteiger partial charge in [-0.2, -0.15) is 0 Å². The van der Waals surface area contributed by atoms with Crippen molar-refractivity contribution in [2.75, 3.05) is 37.8 Å². The van der Waals surface area contributed by atoms with Crippen molar-refractivity contribution in [3.8, 4) is 11.5 Å². The number of carbonyl (C=O) groups excluding carboxylic acids is 1. The lowest BCUT2D eigenvalue weighted by atomic mass is 10.2. The number of benzene rings is 2. The molecule has 2 aliphatic rings. The second-order valence-corrected chi connectivity index (χ2v) is 6.35. The van der Waals surface area contributed by atoms with Crippen molar-refractivity contribution in [3.63, 3.8) is 0 Å². The summed E-state index contributed by atoms with van der Waals surface area (Å²) in [5.41, 5.74) is 2.23. The lowest BCUT2D eigenvalue weighted by molar-refractivity contribution is -0.130. The van der Waals surface area contributed by atoms with Crippen molar-refractivity contribution in [1.29, 1.82) is 0 Å². The number of anilines is 1. The molecule has 0 saturated carbocycles. The molecule has 0 unspecified atom stereocenters. The number of nitrogens with zero attached hydrogens (tertiary/aromatic N) is 1. The van der Waals surface area contributed by atoms with Gasteiger partial charge >= 0.3 is 0 Å². The summed E-state index contributed by atoms with van der Waals surface area (Å²) in [6.45, 7) is 4.05. The van der Waals surface area contributed by atoms with E-state index in [0.29, 0.717) is 18.0 Å². The van der Waals surface area contributed by atoms with Gasteiger partial charge < -0.3 is 24.4 Å². The number of carbonyl (C=O) groups is 1. The maximum Gasteiger partial charge on any atom is 0.264 e. The van der Waals surface area contributed by atoms with Crippen LogP contribution in [0.3, 0.4) is 0 Å². The summed E-state index contributed by atoms with van der Waals surface area (Å²) in [7, 11) is 0. The van der Waals surface area contributed by atoms with Crippen LogP contribution in [0.25, 0.3) is 0 Å². The summed E-state index contributed by atoms with van der Waals surface area (Å²) in [6.07, 6.45) is -0.627. The number of ether oxygens (including phenoxy) is 3. The molecule has 1 saturated heterocycles. The minimum Gasteiger partial charge on any atom is -0.485 e. The van der Waals surface area contributed by atoms with E-state index in [0.717, 1.165) is 31.9 Å². The average Bonchev–Trinajstić information content (AvgIpc) is 2.72. The second-order valence-electron chi connectivity index (χ2n) is 6.35. The average molecular weight is 354 g/mol. The monoisotopic (exact) mass is 354 g/mol. The highest BCUT2D eigenvalue weighted by atomic mass is 16.6. The number of nitrogens with one attached hydrogen (secondary N) is 1. The van der Waals surface area contributed by atoms with Gasteiger partial charge in [0.2, 0.25) is 6.10 Å². The minimum absolute atomic E-state index is 0.170. The Morgan fingerprint density at radius 2 is 1.77 bits per heavy atom. The van der Waals surface area contributed by atoms with Gasteiger partial charge in [-0.25, -0.2) is 0 Å². The lowest BCUT2D eigenvalue weighted by Crippen LogP contribution is -2.43. The van der Waals surface area contributed by atoms with Gasteiger partial charge in [-0.05, 0) is 29.8 Å². The number of rotatable bonds is 4. The van der Waals surface area contributed by atoms with Gasteiger partial charge in [-0.1, -0.05) is 24.3 Å². The Hall–Kier alpha value is -2.73. The number of hydrogen-bond acceptors (Lipinski definition) is 5. The summed E-state index contributed by atoms with van der Waals surface area (Å²) < 4.78 is 16.7. The summed E-state index contributed by atoms with van der Waals surface area (Å²) in [5, 5.41) is 2.92. The van der Waals surface area contributed by atoms with E-state index in [2.05, 4.69) is 22.3 Å². The highest BCUT2D eigenvalue weighted by Gasteiger charge is 2.26.